The Morgan fingerprint density at radius 2 is 1.75 bits per heavy atom. The molecule has 0 saturated heterocycles. The fraction of sp³-hybridized carbons (Fsp3) is 0.178. The summed E-state index contributed by atoms with van der Waals surface area (Å²) in [6.07, 6.45) is 20.5. The number of thioether (sulfide) groups is 1. The molecule has 4 nitrogen and oxygen atoms in total. The second-order valence-electron chi connectivity index (χ2n) is 13.8. The Balaban J connectivity index is 0.940. The van der Waals surface area contributed by atoms with Crippen molar-refractivity contribution < 1.29 is 4.42 Å². The van der Waals surface area contributed by atoms with E-state index in [1.54, 1.807) is 0 Å². The first-order valence-corrected chi connectivity index (χ1v) is 19.6. The van der Waals surface area contributed by atoms with Crippen molar-refractivity contribution in [2.24, 2.45) is 22.6 Å². The van der Waals surface area contributed by atoms with E-state index in [-0.39, 0.29) is 12.1 Å². The predicted octanol–water partition coefficient (Wildman–Crippen LogP) is 11.2. The molecule has 0 amide bonds. The summed E-state index contributed by atoms with van der Waals surface area (Å²) in [6.45, 7) is 0. The molecule has 250 valence electrons. The predicted molar refractivity (Wildman–Crippen MR) is 216 cm³/mol. The van der Waals surface area contributed by atoms with Crippen molar-refractivity contribution in [1.82, 2.24) is 5.32 Å². The molecule has 0 bridgehead atoms. The molecule has 3 N–H and O–H groups in total. The number of rotatable bonds is 7. The van der Waals surface area contributed by atoms with Crippen LogP contribution in [-0.2, 0) is 6.42 Å². The zero-order valence-electron chi connectivity index (χ0n) is 28.0. The average molecular weight is 700 g/mol. The number of fused-ring (bicyclic) bond motifs is 8. The lowest BCUT2D eigenvalue weighted by Crippen LogP contribution is -2.32. The second kappa shape index (κ2) is 12.8. The molecule has 10 rings (SSSR count). The van der Waals surface area contributed by atoms with Crippen LogP contribution in [0.3, 0.4) is 0 Å². The Kier molecular flexibility index (Phi) is 7.79. The highest BCUT2D eigenvalue weighted by atomic mass is 32.2. The number of nitrogens with two attached hydrogens (primary N) is 1. The topological polar surface area (TPSA) is 63.5 Å². The molecule has 5 atom stereocenters. The molecule has 4 aromatic carbocycles. The number of hydrogen-bond donors (Lipinski definition) is 2. The number of allylic oxidation sites excluding steroid dienone is 8. The average Bonchev–Trinajstić information content (AvgIpc) is 3.87. The SMILES string of the molecule is NC(NC(N=CC1C=CC2=C(C1)SC1C=CC=CC21)c1ccccc1)c1cccc2c1oc1ccc(C3=CCCc4c3sc3ccccc43)cc12. The van der Waals surface area contributed by atoms with Crippen LogP contribution >= 0.6 is 23.1 Å². The number of aryl methyl sites for hydroxylation is 1. The standard InChI is InChI=1S/C45H37N3OS2/c46-44(48-45(28-10-2-1-3-11-28)47-26-27-20-22-33-31-12-4-6-18-39(31)50-41(33)24-27)36-17-9-15-34-37-25-29(21-23-38(37)49-42(34)36)30-14-8-16-35-32-13-5-7-19-40(32)51-43(30)35/h1-7,9-15,17-23,25-27,31,39,44-45,48H,8,16,24,46H2. The van der Waals surface area contributed by atoms with Gasteiger partial charge in [0.15, 0.2) is 0 Å². The molecule has 6 heteroatoms. The first kappa shape index (κ1) is 31.1. The van der Waals surface area contributed by atoms with E-state index in [4.69, 9.17) is 15.1 Å². The Morgan fingerprint density at radius 3 is 2.69 bits per heavy atom. The van der Waals surface area contributed by atoms with Crippen molar-refractivity contribution in [3.05, 3.63) is 171 Å². The fourth-order valence-corrected chi connectivity index (χ4v) is 11.0. The smallest absolute Gasteiger partial charge is 0.141 e. The highest BCUT2D eigenvalue weighted by Crippen LogP contribution is 2.49. The minimum atomic E-state index is -0.499. The number of nitrogens with zero attached hydrogens (tertiary/aromatic N) is 1. The second-order valence-corrected chi connectivity index (χ2v) is 16.2. The Morgan fingerprint density at radius 1 is 0.882 bits per heavy atom. The number of aliphatic imine (C=N–C) groups is 1. The molecule has 2 aromatic heterocycles. The minimum absolute atomic E-state index is 0.240. The van der Waals surface area contributed by atoms with Gasteiger partial charge in [-0.25, -0.2) is 0 Å². The van der Waals surface area contributed by atoms with Gasteiger partial charge in [-0.15, -0.1) is 23.1 Å². The van der Waals surface area contributed by atoms with Crippen molar-refractivity contribution in [3.63, 3.8) is 0 Å². The highest BCUT2D eigenvalue weighted by Gasteiger charge is 2.34. The van der Waals surface area contributed by atoms with Gasteiger partial charge in [0.25, 0.3) is 0 Å². The van der Waals surface area contributed by atoms with Crippen LogP contribution in [0.4, 0.5) is 0 Å². The zero-order valence-corrected chi connectivity index (χ0v) is 29.7. The lowest BCUT2D eigenvalue weighted by Gasteiger charge is -2.22. The van der Waals surface area contributed by atoms with Crippen LogP contribution in [-0.4, -0.2) is 11.5 Å². The van der Waals surface area contributed by atoms with Crippen molar-refractivity contribution in [3.8, 4) is 0 Å². The molecule has 51 heavy (non-hydrogen) atoms. The van der Waals surface area contributed by atoms with Crippen LogP contribution in [0.15, 0.2) is 153 Å². The molecule has 1 aliphatic heterocycles. The summed E-state index contributed by atoms with van der Waals surface area (Å²) >= 11 is 3.92. The van der Waals surface area contributed by atoms with E-state index < -0.39 is 6.17 Å². The first-order chi connectivity index (χ1) is 25.2. The molecule has 3 heterocycles. The molecular formula is C45H37N3OS2. The van der Waals surface area contributed by atoms with E-state index in [1.807, 2.05) is 29.2 Å². The van der Waals surface area contributed by atoms with Gasteiger partial charge < -0.3 is 10.2 Å². The van der Waals surface area contributed by atoms with Crippen LogP contribution in [0, 0.1) is 11.8 Å². The van der Waals surface area contributed by atoms with Crippen LogP contribution < -0.4 is 11.1 Å². The van der Waals surface area contributed by atoms with E-state index in [1.165, 1.54) is 42.1 Å². The maximum atomic E-state index is 7.01. The third kappa shape index (κ3) is 5.49. The first-order valence-electron chi connectivity index (χ1n) is 17.9. The summed E-state index contributed by atoms with van der Waals surface area (Å²) in [5.41, 5.74) is 16.2. The monoisotopic (exact) mass is 699 g/mol. The summed E-state index contributed by atoms with van der Waals surface area (Å²) < 4.78 is 7.94. The largest absolute Gasteiger partial charge is 0.456 e. The molecular weight excluding hydrogens is 663 g/mol. The third-order valence-electron chi connectivity index (χ3n) is 10.7. The van der Waals surface area contributed by atoms with Gasteiger partial charge in [-0.2, -0.15) is 0 Å². The number of benzene rings is 4. The van der Waals surface area contributed by atoms with Crippen molar-refractivity contribution in [2.45, 2.75) is 36.8 Å². The van der Waals surface area contributed by atoms with E-state index in [2.05, 4.69) is 139 Å². The van der Waals surface area contributed by atoms with Gasteiger partial charge in [0.05, 0.1) is 6.17 Å². The van der Waals surface area contributed by atoms with Crippen molar-refractivity contribution in [1.29, 1.82) is 0 Å². The summed E-state index contributed by atoms with van der Waals surface area (Å²) in [5, 5.41) is 7.74. The Bertz CT molecular complexity index is 2510. The molecule has 6 aromatic rings. The molecule has 4 aliphatic rings. The Hall–Kier alpha value is -4.72. The van der Waals surface area contributed by atoms with E-state index >= 15 is 0 Å². The van der Waals surface area contributed by atoms with E-state index in [0.29, 0.717) is 11.2 Å². The van der Waals surface area contributed by atoms with Crippen molar-refractivity contribution in [2.75, 3.05) is 0 Å². The zero-order chi connectivity index (χ0) is 33.9. The number of furan rings is 1. The maximum absolute atomic E-state index is 7.01. The summed E-state index contributed by atoms with van der Waals surface area (Å²) in [5.74, 6) is 0.733. The van der Waals surface area contributed by atoms with E-state index in [9.17, 15) is 0 Å². The van der Waals surface area contributed by atoms with Crippen LogP contribution in [0.2, 0.25) is 0 Å². The molecule has 3 aliphatic carbocycles. The third-order valence-corrected chi connectivity index (χ3v) is 13.4. The summed E-state index contributed by atoms with van der Waals surface area (Å²) in [7, 11) is 0. The van der Waals surface area contributed by atoms with Crippen LogP contribution in [0.1, 0.15) is 52.3 Å². The van der Waals surface area contributed by atoms with Crippen molar-refractivity contribution >= 4 is 66.9 Å². The highest BCUT2D eigenvalue weighted by molar-refractivity contribution is 8.04. The number of para-hydroxylation sites is 1. The lowest BCUT2D eigenvalue weighted by molar-refractivity contribution is 0.464. The number of thiophene rings is 1. The molecule has 5 unspecified atom stereocenters. The molecule has 0 radical (unpaired) electrons. The van der Waals surface area contributed by atoms with Gasteiger partial charge in [-0.1, -0.05) is 115 Å². The molecule has 0 spiro atoms. The van der Waals surface area contributed by atoms with Crippen LogP contribution in [0.25, 0.3) is 37.6 Å². The van der Waals surface area contributed by atoms with Gasteiger partial charge in [0, 0.05) is 49.2 Å². The minimum Gasteiger partial charge on any atom is -0.456 e. The van der Waals surface area contributed by atoms with Crippen LogP contribution in [0.5, 0.6) is 0 Å². The van der Waals surface area contributed by atoms with Gasteiger partial charge in [-0.3, -0.25) is 10.3 Å². The van der Waals surface area contributed by atoms with E-state index in [0.717, 1.165) is 52.3 Å². The lowest BCUT2D eigenvalue weighted by atomic mass is 9.86. The summed E-state index contributed by atoms with van der Waals surface area (Å²) in [6, 6.07) is 32.1. The fourth-order valence-electron chi connectivity index (χ4n) is 8.20. The van der Waals surface area contributed by atoms with Gasteiger partial charge in [-0.05, 0) is 75.6 Å². The normalized spacial score (nSPS) is 22.1. The quantitative estimate of drug-likeness (QED) is 0.129. The molecule has 0 fully saturated rings. The number of hydrogen-bond acceptors (Lipinski definition) is 6. The van der Waals surface area contributed by atoms with Gasteiger partial charge in [0.2, 0.25) is 0 Å². The number of nitrogens with one attached hydrogen (secondary N) is 1. The van der Waals surface area contributed by atoms with Gasteiger partial charge in [0.1, 0.15) is 17.3 Å². The Labute approximate surface area is 305 Å². The molecule has 0 saturated carbocycles. The van der Waals surface area contributed by atoms with Gasteiger partial charge >= 0.3 is 0 Å². The maximum Gasteiger partial charge on any atom is 0.141 e. The summed E-state index contributed by atoms with van der Waals surface area (Å²) in [4.78, 5) is 8.03.